The van der Waals surface area contributed by atoms with E-state index in [2.05, 4.69) is 5.32 Å². The number of rotatable bonds is 12. The minimum absolute atomic E-state index is 0.0650. The summed E-state index contributed by atoms with van der Waals surface area (Å²) in [6.45, 7) is 4.57. The minimum atomic E-state index is -3.61. The quantitative estimate of drug-likeness (QED) is 0.444. The van der Waals surface area contributed by atoms with Gasteiger partial charge in [0.2, 0.25) is 28.6 Å². The van der Waals surface area contributed by atoms with Gasteiger partial charge in [0.1, 0.15) is 6.04 Å². The summed E-state index contributed by atoms with van der Waals surface area (Å²) < 4.78 is 36.9. The lowest BCUT2D eigenvalue weighted by Gasteiger charge is -2.29. The highest BCUT2D eigenvalue weighted by atomic mass is 35.5. The number of hydrogen-bond donors (Lipinski definition) is 1. The standard InChI is InChI=1S/C25H32ClN3O6S/c1-4-13-27-25(31)18(2)28(16-19-7-9-20(26)10-8-19)24(30)6-5-14-29(36(3,32)33)21-11-12-22-23(15-21)35-17-34-22/h7-12,15,18H,4-6,13-14,16-17H2,1-3H3,(H,27,31)/t18-/m1/s1. The lowest BCUT2D eigenvalue weighted by Crippen LogP contribution is -2.47. The molecule has 1 aliphatic heterocycles. The van der Waals surface area contributed by atoms with Crippen LogP contribution < -0.4 is 19.1 Å². The van der Waals surface area contributed by atoms with Gasteiger partial charge in [0.05, 0.1) is 11.9 Å². The molecule has 1 N–H and O–H groups in total. The Morgan fingerprint density at radius 2 is 1.81 bits per heavy atom. The van der Waals surface area contributed by atoms with Gasteiger partial charge in [0.25, 0.3) is 0 Å². The predicted molar refractivity (Wildman–Crippen MR) is 139 cm³/mol. The maximum atomic E-state index is 13.3. The highest BCUT2D eigenvalue weighted by Gasteiger charge is 2.27. The van der Waals surface area contributed by atoms with Crippen molar-refractivity contribution in [3.05, 3.63) is 53.1 Å². The summed E-state index contributed by atoms with van der Waals surface area (Å²) in [4.78, 5) is 27.4. The van der Waals surface area contributed by atoms with Crippen molar-refractivity contribution in [2.75, 3.05) is 30.4 Å². The Balaban J connectivity index is 1.71. The summed E-state index contributed by atoms with van der Waals surface area (Å²) in [6.07, 6.45) is 2.23. The molecule has 0 saturated heterocycles. The molecule has 36 heavy (non-hydrogen) atoms. The van der Waals surface area contributed by atoms with Crippen LogP contribution in [0, 0.1) is 0 Å². The lowest BCUT2D eigenvalue weighted by molar-refractivity contribution is -0.140. The molecule has 1 heterocycles. The number of anilines is 1. The van der Waals surface area contributed by atoms with Crippen molar-refractivity contribution in [2.24, 2.45) is 0 Å². The van der Waals surface area contributed by atoms with Gasteiger partial charge in [-0.15, -0.1) is 0 Å². The summed E-state index contributed by atoms with van der Waals surface area (Å²) in [5.41, 5.74) is 1.26. The second kappa shape index (κ2) is 12.3. The normalized spacial score (nSPS) is 13.2. The van der Waals surface area contributed by atoms with Gasteiger partial charge in [0, 0.05) is 37.1 Å². The van der Waals surface area contributed by atoms with Crippen molar-refractivity contribution < 1.29 is 27.5 Å². The van der Waals surface area contributed by atoms with E-state index >= 15 is 0 Å². The number of carbonyl (C=O) groups is 2. The van der Waals surface area contributed by atoms with E-state index < -0.39 is 16.1 Å². The van der Waals surface area contributed by atoms with Crippen molar-refractivity contribution in [1.29, 1.82) is 0 Å². The summed E-state index contributed by atoms with van der Waals surface area (Å²) in [5, 5.41) is 3.41. The first-order valence-electron chi connectivity index (χ1n) is 11.8. The fraction of sp³-hybridized carbons (Fsp3) is 0.440. The smallest absolute Gasteiger partial charge is 0.242 e. The molecule has 2 aromatic rings. The number of ether oxygens (including phenoxy) is 2. The van der Waals surface area contributed by atoms with Gasteiger partial charge >= 0.3 is 0 Å². The Morgan fingerprint density at radius 1 is 1.11 bits per heavy atom. The van der Waals surface area contributed by atoms with Crippen LogP contribution in [0.1, 0.15) is 38.7 Å². The largest absolute Gasteiger partial charge is 0.454 e. The number of carbonyl (C=O) groups excluding carboxylic acids is 2. The molecule has 0 fully saturated rings. The highest BCUT2D eigenvalue weighted by molar-refractivity contribution is 7.92. The molecule has 1 atom stereocenters. The van der Waals surface area contributed by atoms with E-state index in [9.17, 15) is 18.0 Å². The average molecular weight is 538 g/mol. The molecule has 2 aromatic carbocycles. The first-order valence-corrected chi connectivity index (χ1v) is 14.0. The van der Waals surface area contributed by atoms with Crippen molar-refractivity contribution in [2.45, 2.75) is 45.7 Å². The highest BCUT2D eigenvalue weighted by Crippen LogP contribution is 2.36. The van der Waals surface area contributed by atoms with Crippen molar-refractivity contribution in [3.63, 3.8) is 0 Å². The third kappa shape index (κ3) is 7.27. The third-order valence-electron chi connectivity index (χ3n) is 5.78. The zero-order chi connectivity index (χ0) is 26.3. The molecule has 0 aromatic heterocycles. The summed E-state index contributed by atoms with van der Waals surface area (Å²) in [5.74, 6) is 0.536. The number of benzene rings is 2. The summed E-state index contributed by atoms with van der Waals surface area (Å²) in [6, 6.07) is 11.3. The second-order valence-electron chi connectivity index (χ2n) is 8.59. The van der Waals surface area contributed by atoms with Crippen LogP contribution in [0.5, 0.6) is 11.5 Å². The Kier molecular flexibility index (Phi) is 9.44. The van der Waals surface area contributed by atoms with Crippen LogP contribution in [0.3, 0.4) is 0 Å². The molecule has 2 amide bonds. The number of halogens is 1. The first kappa shape index (κ1) is 27.6. The zero-order valence-corrected chi connectivity index (χ0v) is 22.3. The fourth-order valence-electron chi connectivity index (χ4n) is 3.81. The van der Waals surface area contributed by atoms with Gasteiger partial charge in [-0.3, -0.25) is 13.9 Å². The molecule has 1 aliphatic rings. The van der Waals surface area contributed by atoms with Crippen LogP contribution in [-0.4, -0.2) is 57.3 Å². The van der Waals surface area contributed by atoms with E-state index in [1.54, 1.807) is 37.3 Å². The van der Waals surface area contributed by atoms with Gasteiger partial charge in [-0.1, -0.05) is 30.7 Å². The van der Waals surface area contributed by atoms with Crippen LogP contribution in [0.25, 0.3) is 0 Å². The van der Waals surface area contributed by atoms with Crippen molar-refractivity contribution >= 4 is 39.1 Å². The second-order valence-corrected chi connectivity index (χ2v) is 10.9. The minimum Gasteiger partial charge on any atom is -0.454 e. The Hall–Kier alpha value is -2.98. The number of sulfonamides is 1. The lowest BCUT2D eigenvalue weighted by atomic mass is 10.1. The third-order valence-corrected chi connectivity index (χ3v) is 7.23. The molecule has 0 aliphatic carbocycles. The maximum Gasteiger partial charge on any atom is 0.242 e. The Labute approximate surface area is 217 Å². The molecule has 11 heteroatoms. The van der Waals surface area contributed by atoms with Crippen LogP contribution in [-0.2, 0) is 26.2 Å². The molecular weight excluding hydrogens is 506 g/mol. The van der Waals surface area contributed by atoms with E-state index in [-0.39, 0.29) is 44.5 Å². The molecule has 0 spiro atoms. The first-order chi connectivity index (χ1) is 17.1. The van der Waals surface area contributed by atoms with E-state index in [4.69, 9.17) is 21.1 Å². The molecule has 0 radical (unpaired) electrons. The van der Waals surface area contributed by atoms with Crippen LogP contribution >= 0.6 is 11.6 Å². The molecule has 3 rings (SSSR count). The van der Waals surface area contributed by atoms with Crippen molar-refractivity contribution in [1.82, 2.24) is 10.2 Å². The zero-order valence-electron chi connectivity index (χ0n) is 20.7. The van der Waals surface area contributed by atoms with Gasteiger partial charge in [-0.05, 0) is 49.6 Å². The number of nitrogens with one attached hydrogen (secondary N) is 1. The molecular formula is C25H32ClN3O6S. The average Bonchev–Trinajstić information content (AvgIpc) is 3.31. The topological polar surface area (TPSA) is 105 Å². The molecule has 0 bridgehead atoms. The van der Waals surface area contributed by atoms with Gasteiger partial charge in [-0.25, -0.2) is 8.42 Å². The Morgan fingerprint density at radius 3 is 2.47 bits per heavy atom. The van der Waals surface area contributed by atoms with E-state index in [0.717, 1.165) is 18.2 Å². The van der Waals surface area contributed by atoms with E-state index in [1.807, 2.05) is 19.1 Å². The van der Waals surface area contributed by atoms with Crippen LogP contribution in [0.15, 0.2) is 42.5 Å². The SMILES string of the molecule is CCCNC(=O)[C@@H](C)N(Cc1ccc(Cl)cc1)C(=O)CCCN(c1ccc2c(c1)OCO2)S(C)(=O)=O. The van der Waals surface area contributed by atoms with Gasteiger partial charge in [-0.2, -0.15) is 0 Å². The Bertz CT molecular complexity index is 1170. The molecule has 9 nitrogen and oxygen atoms in total. The maximum absolute atomic E-state index is 13.3. The number of nitrogens with zero attached hydrogens (tertiary/aromatic N) is 2. The fourth-order valence-corrected chi connectivity index (χ4v) is 4.89. The number of hydrogen-bond acceptors (Lipinski definition) is 6. The molecule has 0 saturated carbocycles. The van der Waals surface area contributed by atoms with E-state index in [1.165, 1.54) is 9.21 Å². The molecule has 0 unspecified atom stereocenters. The summed E-state index contributed by atoms with van der Waals surface area (Å²) in [7, 11) is -3.61. The summed E-state index contributed by atoms with van der Waals surface area (Å²) >= 11 is 5.98. The van der Waals surface area contributed by atoms with Crippen molar-refractivity contribution in [3.8, 4) is 11.5 Å². The monoisotopic (exact) mass is 537 g/mol. The molecule has 196 valence electrons. The van der Waals surface area contributed by atoms with Crippen LogP contribution in [0.4, 0.5) is 5.69 Å². The number of amides is 2. The van der Waals surface area contributed by atoms with Gasteiger partial charge in [0.15, 0.2) is 11.5 Å². The van der Waals surface area contributed by atoms with Crippen LogP contribution in [0.2, 0.25) is 5.02 Å². The van der Waals surface area contributed by atoms with E-state index in [0.29, 0.717) is 28.8 Å². The van der Waals surface area contributed by atoms with Gasteiger partial charge < -0.3 is 19.7 Å². The number of fused-ring (bicyclic) bond motifs is 1. The predicted octanol–water partition coefficient (Wildman–Crippen LogP) is 3.56.